The lowest BCUT2D eigenvalue weighted by atomic mass is 10.0. The molecule has 0 bridgehead atoms. The Morgan fingerprint density at radius 2 is 1.90 bits per heavy atom. The number of aryl methyl sites for hydroxylation is 2. The van der Waals surface area contributed by atoms with Gasteiger partial charge in [-0.3, -0.25) is 4.79 Å². The molecule has 29 heavy (non-hydrogen) atoms. The average molecular weight is 427 g/mol. The van der Waals surface area contributed by atoms with Gasteiger partial charge in [0.25, 0.3) is 5.91 Å². The molecule has 3 aromatic rings. The SMILES string of the molecule is CCc1ccc(N=N[C@H]2C(=O)Nc3ccc(C)cc3-c3c(C(Cl)Cl)ccn32)cc1. The van der Waals surface area contributed by atoms with Gasteiger partial charge in [0.1, 0.15) is 4.84 Å². The lowest BCUT2D eigenvalue weighted by Crippen LogP contribution is -2.22. The van der Waals surface area contributed by atoms with Crippen LogP contribution in [-0.4, -0.2) is 10.5 Å². The van der Waals surface area contributed by atoms with Gasteiger partial charge in [0.2, 0.25) is 6.17 Å². The van der Waals surface area contributed by atoms with Crippen LogP contribution in [0.3, 0.4) is 0 Å². The third kappa shape index (κ3) is 3.80. The fraction of sp³-hybridized carbons (Fsp3) is 0.227. The molecule has 148 valence electrons. The third-order valence-electron chi connectivity index (χ3n) is 4.99. The van der Waals surface area contributed by atoms with Gasteiger partial charge in [-0.25, -0.2) is 0 Å². The number of fused-ring (bicyclic) bond motifs is 3. The summed E-state index contributed by atoms with van der Waals surface area (Å²) in [5, 5.41) is 11.6. The molecule has 1 amide bonds. The summed E-state index contributed by atoms with van der Waals surface area (Å²) in [7, 11) is 0. The summed E-state index contributed by atoms with van der Waals surface area (Å²) in [6.45, 7) is 4.09. The van der Waals surface area contributed by atoms with Crippen LogP contribution in [0.4, 0.5) is 11.4 Å². The number of carbonyl (C=O) groups excluding carboxylic acids is 1. The van der Waals surface area contributed by atoms with Crippen LogP contribution < -0.4 is 5.32 Å². The van der Waals surface area contributed by atoms with E-state index in [4.69, 9.17) is 23.2 Å². The van der Waals surface area contributed by atoms with E-state index in [-0.39, 0.29) is 5.91 Å². The van der Waals surface area contributed by atoms with Gasteiger partial charge in [0, 0.05) is 17.3 Å². The molecule has 0 radical (unpaired) electrons. The molecule has 0 spiro atoms. The van der Waals surface area contributed by atoms with E-state index in [1.54, 1.807) is 10.8 Å². The maximum Gasteiger partial charge on any atom is 0.272 e. The van der Waals surface area contributed by atoms with Crippen molar-refractivity contribution >= 4 is 40.5 Å². The van der Waals surface area contributed by atoms with E-state index in [2.05, 4.69) is 22.5 Å². The van der Waals surface area contributed by atoms with Crippen molar-refractivity contribution < 1.29 is 4.79 Å². The predicted molar refractivity (Wildman–Crippen MR) is 117 cm³/mol. The minimum Gasteiger partial charge on any atom is -0.322 e. The number of carbonyl (C=O) groups is 1. The summed E-state index contributed by atoms with van der Waals surface area (Å²) in [6, 6.07) is 15.4. The van der Waals surface area contributed by atoms with Gasteiger partial charge >= 0.3 is 0 Å². The number of nitrogens with zero attached hydrogens (tertiary/aromatic N) is 3. The van der Waals surface area contributed by atoms with Gasteiger partial charge in [-0.05, 0) is 49.2 Å². The molecule has 4 rings (SSSR count). The van der Waals surface area contributed by atoms with Crippen molar-refractivity contribution in [2.24, 2.45) is 10.2 Å². The largest absolute Gasteiger partial charge is 0.322 e. The topological polar surface area (TPSA) is 58.8 Å². The van der Waals surface area contributed by atoms with Crippen LogP contribution >= 0.6 is 23.2 Å². The van der Waals surface area contributed by atoms with Gasteiger partial charge in [-0.1, -0.05) is 53.9 Å². The number of halogens is 2. The molecule has 2 aromatic carbocycles. The molecule has 1 N–H and O–H groups in total. The van der Waals surface area contributed by atoms with Gasteiger partial charge < -0.3 is 9.88 Å². The van der Waals surface area contributed by atoms with Crippen LogP contribution in [0.25, 0.3) is 11.3 Å². The number of hydrogen-bond donors (Lipinski definition) is 1. The number of aromatic nitrogens is 1. The Bertz CT molecular complexity index is 1090. The maximum atomic E-state index is 13.0. The summed E-state index contributed by atoms with van der Waals surface area (Å²) in [4.78, 5) is 12.2. The zero-order chi connectivity index (χ0) is 20.5. The van der Waals surface area contributed by atoms with E-state index in [0.29, 0.717) is 11.4 Å². The highest BCUT2D eigenvalue weighted by atomic mass is 35.5. The Labute approximate surface area is 179 Å². The lowest BCUT2D eigenvalue weighted by molar-refractivity contribution is -0.119. The Kier molecular flexibility index (Phi) is 5.43. The molecule has 0 saturated carbocycles. The highest BCUT2D eigenvalue weighted by molar-refractivity contribution is 6.44. The maximum absolute atomic E-state index is 13.0. The predicted octanol–water partition coefficient (Wildman–Crippen LogP) is 6.74. The molecule has 1 aromatic heterocycles. The van der Waals surface area contributed by atoms with E-state index in [1.807, 2.05) is 55.5 Å². The number of anilines is 1. The normalized spacial score (nSPS) is 15.9. The molecule has 1 aliphatic rings. The minimum absolute atomic E-state index is 0.273. The highest BCUT2D eigenvalue weighted by Crippen LogP contribution is 2.42. The Morgan fingerprint density at radius 1 is 1.14 bits per heavy atom. The van der Waals surface area contributed by atoms with Crippen LogP contribution in [0.1, 0.15) is 34.6 Å². The van der Waals surface area contributed by atoms with E-state index >= 15 is 0 Å². The number of hydrogen-bond acceptors (Lipinski definition) is 3. The molecular weight excluding hydrogens is 407 g/mol. The Hall–Kier alpha value is -2.63. The van der Waals surface area contributed by atoms with Crippen molar-refractivity contribution in [1.82, 2.24) is 4.57 Å². The zero-order valence-corrected chi connectivity index (χ0v) is 17.6. The van der Waals surface area contributed by atoms with Crippen LogP contribution in [0, 0.1) is 6.92 Å². The summed E-state index contributed by atoms with van der Waals surface area (Å²) >= 11 is 12.4. The first-order valence-corrected chi connectivity index (χ1v) is 10.3. The number of rotatable bonds is 4. The first kappa shape index (κ1) is 19.7. The molecule has 1 aliphatic heterocycles. The monoisotopic (exact) mass is 426 g/mol. The molecule has 2 heterocycles. The van der Waals surface area contributed by atoms with Crippen LogP contribution in [0.2, 0.25) is 0 Å². The van der Waals surface area contributed by atoms with Crippen molar-refractivity contribution in [3.63, 3.8) is 0 Å². The van der Waals surface area contributed by atoms with Crippen molar-refractivity contribution in [2.75, 3.05) is 5.32 Å². The second-order valence-electron chi connectivity index (χ2n) is 6.98. The minimum atomic E-state index is -0.871. The molecule has 0 unspecified atom stereocenters. The summed E-state index contributed by atoms with van der Waals surface area (Å²) in [6.07, 6.45) is 1.86. The standard InChI is InChI=1S/C22H20Cl2N4O/c1-3-14-5-7-15(8-6-14)26-27-21-22(29)25-18-9-4-13(2)12-17(18)19-16(20(23)24)10-11-28(19)21/h4-12,20-21H,3H2,1-2H3,(H,25,29)/t21-/m1/s1. The zero-order valence-electron chi connectivity index (χ0n) is 16.1. The smallest absolute Gasteiger partial charge is 0.272 e. The Balaban J connectivity index is 1.81. The summed E-state index contributed by atoms with van der Waals surface area (Å²) in [5.41, 5.74) is 6.01. The van der Waals surface area contributed by atoms with Crippen molar-refractivity contribution in [3.8, 4) is 11.3 Å². The number of nitrogens with one attached hydrogen (secondary N) is 1. The molecule has 1 atom stereocenters. The Morgan fingerprint density at radius 3 is 2.59 bits per heavy atom. The van der Waals surface area contributed by atoms with E-state index in [9.17, 15) is 4.79 Å². The van der Waals surface area contributed by atoms with Crippen molar-refractivity contribution in [3.05, 3.63) is 71.4 Å². The van der Waals surface area contributed by atoms with Crippen molar-refractivity contribution in [2.45, 2.75) is 31.3 Å². The molecule has 7 heteroatoms. The highest BCUT2D eigenvalue weighted by Gasteiger charge is 2.31. The van der Waals surface area contributed by atoms with E-state index < -0.39 is 11.0 Å². The molecule has 0 fully saturated rings. The van der Waals surface area contributed by atoms with E-state index in [0.717, 1.165) is 28.8 Å². The molecule has 0 saturated heterocycles. The number of alkyl halides is 2. The van der Waals surface area contributed by atoms with Crippen LogP contribution in [-0.2, 0) is 11.2 Å². The second-order valence-corrected chi connectivity index (χ2v) is 8.07. The summed E-state index contributed by atoms with van der Waals surface area (Å²) < 4.78 is 1.78. The first-order valence-electron chi connectivity index (χ1n) is 9.38. The van der Waals surface area contributed by atoms with Gasteiger partial charge in [-0.2, -0.15) is 10.2 Å². The molecule has 5 nitrogen and oxygen atoms in total. The van der Waals surface area contributed by atoms with E-state index in [1.165, 1.54) is 5.56 Å². The average Bonchev–Trinajstić information content (AvgIpc) is 3.10. The van der Waals surface area contributed by atoms with Crippen LogP contribution in [0.5, 0.6) is 0 Å². The quantitative estimate of drug-likeness (QED) is 0.364. The van der Waals surface area contributed by atoms with Crippen molar-refractivity contribution in [1.29, 1.82) is 0 Å². The number of azo groups is 1. The lowest BCUT2D eigenvalue weighted by Gasteiger charge is -2.14. The fourth-order valence-corrected chi connectivity index (χ4v) is 3.80. The first-order chi connectivity index (χ1) is 14.0. The second kappa shape index (κ2) is 8.01. The number of benzene rings is 2. The van der Waals surface area contributed by atoms with Crippen LogP contribution in [0.15, 0.2) is 65.0 Å². The van der Waals surface area contributed by atoms with Gasteiger partial charge in [0.05, 0.1) is 17.1 Å². The fourth-order valence-electron chi connectivity index (χ4n) is 3.45. The number of amides is 1. The summed E-state index contributed by atoms with van der Waals surface area (Å²) in [5.74, 6) is -0.273. The third-order valence-corrected chi connectivity index (χ3v) is 5.46. The molecule has 0 aliphatic carbocycles. The van der Waals surface area contributed by atoms with Gasteiger partial charge in [0.15, 0.2) is 0 Å². The molecular formula is C22H20Cl2N4O. The van der Waals surface area contributed by atoms with Gasteiger partial charge in [-0.15, -0.1) is 0 Å².